The van der Waals surface area contributed by atoms with Crippen molar-refractivity contribution < 1.29 is 14.3 Å². The van der Waals surface area contributed by atoms with E-state index in [0.717, 1.165) is 0 Å². The third-order valence-corrected chi connectivity index (χ3v) is 1.48. The molecule has 1 aliphatic rings. The van der Waals surface area contributed by atoms with Crippen LogP contribution in [0.2, 0.25) is 0 Å². The van der Waals surface area contributed by atoms with Crippen molar-refractivity contribution in [2.45, 2.75) is 25.4 Å². The maximum absolute atomic E-state index is 10.6. The van der Waals surface area contributed by atoms with Gasteiger partial charge in [-0.25, -0.2) is 4.79 Å². The fourth-order valence-corrected chi connectivity index (χ4v) is 1.04. The van der Waals surface area contributed by atoms with Gasteiger partial charge in [-0.3, -0.25) is 4.79 Å². The molecule has 1 fully saturated rings. The van der Waals surface area contributed by atoms with Crippen molar-refractivity contribution in [3.8, 4) is 0 Å². The van der Waals surface area contributed by atoms with Crippen molar-refractivity contribution in [1.82, 2.24) is 0 Å². The molecule has 0 aliphatic heterocycles. The van der Waals surface area contributed by atoms with E-state index in [0.29, 0.717) is 19.3 Å². The molecule has 0 saturated heterocycles. The lowest BCUT2D eigenvalue weighted by molar-refractivity contribution is -0.117. The van der Waals surface area contributed by atoms with Crippen LogP contribution in [0, 0.1) is 0 Å². The highest BCUT2D eigenvalue weighted by Gasteiger charge is 2.24. The monoisotopic (exact) mass is 143 g/mol. The van der Waals surface area contributed by atoms with E-state index >= 15 is 0 Å². The van der Waals surface area contributed by atoms with Crippen molar-refractivity contribution in [2.75, 3.05) is 0 Å². The Morgan fingerprint density at radius 1 is 1.70 bits per heavy atom. The van der Waals surface area contributed by atoms with Crippen LogP contribution in [0.25, 0.3) is 0 Å². The third-order valence-electron chi connectivity index (χ3n) is 1.48. The van der Waals surface area contributed by atoms with Gasteiger partial charge in [0.1, 0.15) is 11.9 Å². The average Bonchev–Trinajstić information content (AvgIpc) is 2.13. The van der Waals surface area contributed by atoms with Gasteiger partial charge < -0.3 is 10.5 Å². The average molecular weight is 143 g/mol. The predicted octanol–water partition coefficient (Wildman–Crippen LogP) is 0.203. The van der Waals surface area contributed by atoms with Crippen LogP contribution in [0.4, 0.5) is 4.79 Å². The van der Waals surface area contributed by atoms with Gasteiger partial charge in [-0.05, 0) is 6.42 Å². The van der Waals surface area contributed by atoms with Gasteiger partial charge in [-0.1, -0.05) is 0 Å². The fourth-order valence-electron chi connectivity index (χ4n) is 1.04. The van der Waals surface area contributed by atoms with Crippen LogP contribution < -0.4 is 5.73 Å². The molecule has 0 aromatic heterocycles. The molecule has 0 aromatic rings. The van der Waals surface area contributed by atoms with E-state index in [1.807, 2.05) is 0 Å². The molecule has 10 heavy (non-hydrogen) atoms. The second kappa shape index (κ2) is 2.68. The smallest absolute Gasteiger partial charge is 0.404 e. The standard InChI is InChI=1S/C6H9NO3/c7-6(9)10-5-2-1-4(8)3-5/h5H,1-3H2,(H2,7,9). The molecule has 0 aromatic carbocycles. The van der Waals surface area contributed by atoms with E-state index in [-0.39, 0.29) is 11.9 Å². The SMILES string of the molecule is NC(=O)OC1CCC(=O)C1. The number of hydrogen-bond donors (Lipinski definition) is 1. The molecule has 1 saturated carbocycles. The molecule has 0 spiro atoms. The van der Waals surface area contributed by atoms with Gasteiger partial charge in [0, 0.05) is 12.8 Å². The minimum atomic E-state index is -0.792. The van der Waals surface area contributed by atoms with E-state index in [4.69, 9.17) is 5.73 Å². The molecule has 0 bridgehead atoms. The third kappa shape index (κ3) is 1.72. The number of carbonyl (C=O) groups is 2. The second-order valence-electron chi connectivity index (χ2n) is 2.34. The molecule has 0 heterocycles. The van der Waals surface area contributed by atoms with Gasteiger partial charge in [-0.2, -0.15) is 0 Å². The predicted molar refractivity (Wildman–Crippen MR) is 33.3 cm³/mol. The zero-order valence-corrected chi connectivity index (χ0v) is 5.50. The topological polar surface area (TPSA) is 69.4 Å². The number of amides is 1. The summed E-state index contributed by atoms with van der Waals surface area (Å²) in [7, 11) is 0. The number of rotatable bonds is 1. The Hall–Kier alpha value is -1.06. The summed E-state index contributed by atoms with van der Waals surface area (Å²) in [5.74, 6) is 0.145. The Morgan fingerprint density at radius 3 is 2.80 bits per heavy atom. The number of ketones is 1. The first-order valence-electron chi connectivity index (χ1n) is 3.16. The molecule has 1 unspecified atom stereocenters. The first-order valence-corrected chi connectivity index (χ1v) is 3.16. The number of Topliss-reactive ketones (excluding diaryl/α,β-unsaturated/α-hetero) is 1. The van der Waals surface area contributed by atoms with E-state index in [2.05, 4.69) is 4.74 Å². The van der Waals surface area contributed by atoms with Crippen LogP contribution in [-0.4, -0.2) is 18.0 Å². The summed E-state index contributed by atoms with van der Waals surface area (Å²) in [4.78, 5) is 20.8. The molecule has 4 nitrogen and oxygen atoms in total. The van der Waals surface area contributed by atoms with E-state index in [9.17, 15) is 9.59 Å². The second-order valence-corrected chi connectivity index (χ2v) is 2.34. The molecule has 2 N–H and O–H groups in total. The van der Waals surface area contributed by atoms with Crippen molar-refractivity contribution in [3.05, 3.63) is 0 Å². The summed E-state index contributed by atoms with van der Waals surface area (Å²) in [6.45, 7) is 0. The van der Waals surface area contributed by atoms with Crippen LogP contribution in [0.15, 0.2) is 0 Å². The number of hydrogen-bond acceptors (Lipinski definition) is 3. The van der Waals surface area contributed by atoms with Crippen molar-refractivity contribution >= 4 is 11.9 Å². The Balaban J connectivity index is 2.31. The lowest BCUT2D eigenvalue weighted by Gasteiger charge is -2.05. The van der Waals surface area contributed by atoms with Gasteiger partial charge in [0.15, 0.2) is 0 Å². The molecule has 1 amide bonds. The Labute approximate surface area is 58.3 Å². The highest BCUT2D eigenvalue weighted by atomic mass is 16.6. The number of nitrogens with two attached hydrogens (primary N) is 1. The lowest BCUT2D eigenvalue weighted by Crippen LogP contribution is -2.20. The Kier molecular flexibility index (Phi) is 1.89. The molecular formula is C6H9NO3. The molecule has 0 radical (unpaired) electrons. The molecule has 56 valence electrons. The highest BCUT2D eigenvalue weighted by molar-refractivity contribution is 5.81. The van der Waals surface area contributed by atoms with Gasteiger partial charge >= 0.3 is 6.09 Å². The van der Waals surface area contributed by atoms with Crippen molar-refractivity contribution in [2.24, 2.45) is 5.73 Å². The number of ether oxygens (including phenoxy) is 1. The van der Waals surface area contributed by atoms with Crippen LogP contribution in [-0.2, 0) is 9.53 Å². The largest absolute Gasteiger partial charge is 0.446 e. The summed E-state index contributed by atoms with van der Waals surface area (Å²) >= 11 is 0. The summed E-state index contributed by atoms with van der Waals surface area (Å²) in [5.41, 5.74) is 4.75. The molecule has 1 rings (SSSR count). The Morgan fingerprint density at radius 2 is 2.40 bits per heavy atom. The minimum absolute atomic E-state index is 0.145. The van der Waals surface area contributed by atoms with E-state index in [1.165, 1.54) is 0 Å². The van der Waals surface area contributed by atoms with Crippen LogP contribution >= 0.6 is 0 Å². The molecule has 4 heteroatoms. The fraction of sp³-hybridized carbons (Fsp3) is 0.667. The summed E-state index contributed by atoms with van der Waals surface area (Å²) in [5, 5.41) is 0. The highest BCUT2D eigenvalue weighted by Crippen LogP contribution is 2.17. The molecule has 1 aliphatic carbocycles. The van der Waals surface area contributed by atoms with Gasteiger partial charge in [0.25, 0.3) is 0 Å². The number of primary amides is 1. The van der Waals surface area contributed by atoms with Crippen LogP contribution in [0.1, 0.15) is 19.3 Å². The summed E-state index contributed by atoms with van der Waals surface area (Å²) in [6.07, 6.45) is 0.424. The number of carbonyl (C=O) groups excluding carboxylic acids is 2. The summed E-state index contributed by atoms with van der Waals surface area (Å²) < 4.78 is 4.60. The van der Waals surface area contributed by atoms with Gasteiger partial charge in [0.2, 0.25) is 0 Å². The molecule has 1 atom stereocenters. The van der Waals surface area contributed by atoms with Gasteiger partial charge in [0.05, 0.1) is 0 Å². The van der Waals surface area contributed by atoms with Crippen LogP contribution in [0.5, 0.6) is 0 Å². The first-order chi connectivity index (χ1) is 4.68. The maximum Gasteiger partial charge on any atom is 0.404 e. The minimum Gasteiger partial charge on any atom is -0.446 e. The van der Waals surface area contributed by atoms with Gasteiger partial charge in [-0.15, -0.1) is 0 Å². The van der Waals surface area contributed by atoms with E-state index < -0.39 is 6.09 Å². The first kappa shape index (κ1) is 7.05. The lowest BCUT2D eigenvalue weighted by atomic mass is 10.3. The van der Waals surface area contributed by atoms with E-state index in [1.54, 1.807) is 0 Å². The summed E-state index contributed by atoms with van der Waals surface area (Å²) in [6, 6.07) is 0. The Bertz CT molecular complexity index is 166. The van der Waals surface area contributed by atoms with Crippen LogP contribution in [0.3, 0.4) is 0 Å². The quantitative estimate of drug-likeness (QED) is 0.570. The van der Waals surface area contributed by atoms with Crippen molar-refractivity contribution in [1.29, 1.82) is 0 Å². The molecular weight excluding hydrogens is 134 g/mol. The normalized spacial score (nSPS) is 24.8. The maximum atomic E-state index is 10.6. The zero-order valence-electron chi connectivity index (χ0n) is 5.50. The van der Waals surface area contributed by atoms with Crippen molar-refractivity contribution in [3.63, 3.8) is 0 Å². The zero-order chi connectivity index (χ0) is 7.56.